The Hall–Kier alpha value is -2.60. The molecule has 1 aliphatic carbocycles. The molecule has 0 bridgehead atoms. The molecule has 1 atom stereocenters. The van der Waals surface area contributed by atoms with Crippen molar-refractivity contribution < 1.29 is 8.78 Å². The first kappa shape index (κ1) is 15.0. The van der Waals surface area contributed by atoms with Crippen LogP contribution in [0.3, 0.4) is 0 Å². The van der Waals surface area contributed by atoms with E-state index in [2.05, 4.69) is 4.98 Å². The van der Waals surface area contributed by atoms with Crippen LogP contribution in [-0.2, 0) is 0 Å². The highest BCUT2D eigenvalue weighted by Gasteiger charge is 2.33. The maximum atomic E-state index is 14.2. The zero-order valence-electron chi connectivity index (χ0n) is 12.7. The smallest absolute Gasteiger partial charge is 0.269 e. The van der Waals surface area contributed by atoms with Gasteiger partial charge in [-0.2, -0.15) is 0 Å². The summed E-state index contributed by atoms with van der Waals surface area (Å²) in [7, 11) is 0. The monoisotopic (exact) mass is 327 g/mol. The zero-order valence-corrected chi connectivity index (χ0v) is 12.7. The van der Waals surface area contributed by atoms with Gasteiger partial charge >= 0.3 is 0 Å². The molecule has 1 fully saturated rings. The molecule has 0 aliphatic heterocycles. The third-order valence-corrected chi connectivity index (χ3v) is 4.37. The average Bonchev–Trinajstić information content (AvgIpc) is 3.38. The first-order chi connectivity index (χ1) is 11.6. The maximum absolute atomic E-state index is 14.2. The van der Waals surface area contributed by atoms with Crippen molar-refractivity contribution in [2.24, 2.45) is 11.7 Å². The molecular formula is C18H15F2N3O. The number of halogens is 2. The molecule has 6 heteroatoms. The highest BCUT2D eigenvalue weighted by atomic mass is 19.1. The molecule has 1 heterocycles. The standard InChI is InChI=1S/C18H15F2N3O/c19-11-3-1-4-12(9-11)23-17(16(21)10-7-8-10)22-14-6-2-5-13(20)15(14)18(23)24/h1-6,9-10,16H,7-8,21H2/t16-/m0/s1. The van der Waals surface area contributed by atoms with Crippen LogP contribution in [0.4, 0.5) is 8.78 Å². The van der Waals surface area contributed by atoms with Gasteiger partial charge in [0, 0.05) is 0 Å². The minimum atomic E-state index is -0.651. The van der Waals surface area contributed by atoms with Gasteiger partial charge in [-0.05, 0) is 49.1 Å². The predicted octanol–water partition coefficient (Wildman–Crippen LogP) is 3.07. The van der Waals surface area contributed by atoms with Crippen molar-refractivity contribution in [3.05, 3.63) is 70.3 Å². The van der Waals surface area contributed by atoms with Gasteiger partial charge in [0.25, 0.3) is 5.56 Å². The van der Waals surface area contributed by atoms with Crippen LogP contribution in [0.1, 0.15) is 24.7 Å². The average molecular weight is 327 g/mol. The quantitative estimate of drug-likeness (QED) is 0.804. The summed E-state index contributed by atoms with van der Waals surface area (Å²) in [6.07, 6.45) is 1.92. The SMILES string of the molecule is N[C@H](c1nc2cccc(F)c2c(=O)n1-c1cccc(F)c1)C1CC1. The molecule has 3 aromatic rings. The van der Waals surface area contributed by atoms with Crippen LogP contribution in [0.25, 0.3) is 16.6 Å². The van der Waals surface area contributed by atoms with Gasteiger partial charge in [0.2, 0.25) is 0 Å². The molecule has 0 amide bonds. The summed E-state index contributed by atoms with van der Waals surface area (Å²) in [5.41, 5.74) is 6.25. The van der Waals surface area contributed by atoms with Gasteiger partial charge in [-0.15, -0.1) is 0 Å². The van der Waals surface area contributed by atoms with E-state index in [1.54, 1.807) is 12.1 Å². The van der Waals surface area contributed by atoms with Crippen LogP contribution in [0.5, 0.6) is 0 Å². The van der Waals surface area contributed by atoms with Gasteiger partial charge < -0.3 is 5.73 Å². The zero-order chi connectivity index (χ0) is 16.8. The Kier molecular flexibility index (Phi) is 3.42. The molecule has 4 rings (SSSR count). The first-order valence-corrected chi connectivity index (χ1v) is 7.79. The second-order valence-electron chi connectivity index (χ2n) is 6.09. The Labute approximate surface area is 136 Å². The summed E-state index contributed by atoms with van der Waals surface area (Å²) < 4.78 is 29.0. The predicted molar refractivity (Wildman–Crippen MR) is 86.9 cm³/mol. The molecule has 1 aliphatic rings. The van der Waals surface area contributed by atoms with E-state index < -0.39 is 23.2 Å². The molecule has 1 saturated carbocycles. The van der Waals surface area contributed by atoms with E-state index in [-0.39, 0.29) is 16.8 Å². The number of hydrogen-bond donors (Lipinski definition) is 1. The number of fused-ring (bicyclic) bond motifs is 1. The Morgan fingerprint density at radius 2 is 1.92 bits per heavy atom. The van der Waals surface area contributed by atoms with Gasteiger partial charge in [-0.3, -0.25) is 9.36 Å². The van der Waals surface area contributed by atoms with Crippen molar-refractivity contribution in [3.8, 4) is 5.69 Å². The van der Waals surface area contributed by atoms with Crippen LogP contribution >= 0.6 is 0 Å². The fourth-order valence-electron chi connectivity index (χ4n) is 2.96. The number of benzene rings is 2. The molecule has 4 nitrogen and oxygen atoms in total. The second kappa shape index (κ2) is 5.49. The van der Waals surface area contributed by atoms with E-state index in [0.717, 1.165) is 12.8 Å². The third kappa shape index (κ3) is 2.39. The normalized spacial score (nSPS) is 15.6. The first-order valence-electron chi connectivity index (χ1n) is 7.79. The van der Waals surface area contributed by atoms with E-state index in [9.17, 15) is 13.6 Å². The van der Waals surface area contributed by atoms with Gasteiger partial charge in [0.15, 0.2) is 0 Å². The van der Waals surface area contributed by atoms with Gasteiger partial charge in [0.1, 0.15) is 22.8 Å². The molecule has 2 N–H and O–H groups in total. The molecule has 122 valence electrons. The lowest BCUT2D eigenvalue weighted by atomic mass is 10.1. The van der Waals surface area contributed by atoms with Crippen molar-refractivity contribution in [1.29, 1.82) is 0 Å². The Balaban J connectivity index is 2.08. The summed E-state index contributed by atoms with van der Waals surface area (Å²) >= 11 is 0. The van der Waals surface area contributed by atoms with Crippen LogP contribution in [0.15, 0.2) is 47.3 Å². The maximum Gasteiger partial charge on any atom is 0.269 e. The number of aromatic nitrogens is 2. The number of nitrogens with two attached hydrogens (primary N) is 1. The third-order valence-electron chi connectivity index (χ3n) is 4.37. The summed E-state index contributed by atoms with van der Waals surface area (Å²) in [5.74, 6) is -0.561. The summed E-state index contributed by atoms with van der Waals surface area (Å²) in [5, 5.41) is -0.117. The molecule has 24 heavy (non-hydrogen) atoms. The lowest BCUT2D eigenvalue weighted by molar-refractivity contribution is 0.570. The van der Waals surface area contributed by atoms with E-state index in [4.69, 9.17) is 5.73 Å². The van der Waals surface area contributed by atoms with Crippen molar-refractivity contribution in [2.75, 3.05) is 0 Å². The van der Waals surface area contributed by atoms with Crippen LogP contribution in [0.2, 0.25) is 0 Å². The number of rotatable bonds is 3. The molecule has 0 saturated heterocycles. The summed E-state index contributed by atoms with van der Waals surface area (Å²) in [6, 6.07) is 9.43. The minimum Gasteiger partial charge on any atom is -0.321 e. The van der Waals surface area contributed by atoms with Crippen LogP contribution < -0.4 is 11.3 Å². The van der Waals surface area contributed by atoms with E-state index >= 15 is 0 Å². The number of hydrogen-bond acceptors (Lipinski definition) is 3. The Morgan fingerprint density at radius 1 is 1.17 bits per heavy atom. The molecule has 1 aromatic heterocycles. The second-order valence-corrected chi connectivity index (χ2v) is 6.09. The summed E-state index contributed by atoms with van der Waals surface area (Å²) in [6.45, 7) is 0. The van der Waals surface area contributed by atoms with E-state index in [1.165, 1.54) is 34.9 Å². The summed E-state index contributed by atoms with van der Waals surface area (Å²) in [4.78, 5) is 17.4. The molecule has 0 spiro atoms. The minimum absolute atomic E-state index is 0.117. The largest absolute Gasteiger partial charge is 0.321 e. The fourth-order valence-corrected chi connectivity index (χ4v) is 2.96. The topological polar surface area (TPSA) is 60.9 Å². The van der Waals surface area contributed by atoms with Gasteiger partial charge in [-0.25, -0.2) is 13.8 Å². The highest BCUT2D eigenvalue weighted by molar-refractivity contribution is 5.78. The van der Waals surface area contributed by atoms with Crippen LogP contribution in [0, 0.1) is 17.6 Å². The highest BCUT2D eigenvalue weighted by Crippen LogP contribution is 2.39. The fraction of sp³-hybridized carbons (Fsp3) is 0.222. The lowest BCUT2D eigenvalue weighted by Crippen LogP contribution is -2.30. The molecule has 2 aromatic carbocycles. The molecule has 0 radical (unpaired) electrons. The van der Waals surface area contributed by atoms with E-state index in [1.807, 2.05) is 0 Å². The van der Waals surface area contributed by atoms with Crippen molar-refractivity contribution in [3.63, 3.8) is 0 Å². The Bertz CT molecular complexity index is 995. The van der Waals surface area contributed by atoms with Crippen molar-refractivity contribution >= 4 is 10.9 Å². The molecular weight excluding hydrogens is 312 g/mol. The van der Waals surface area contributed by atoms with Crippen LogP contribution in [-0.4, -0.2) is 9.55 Å². The number of nitrogens with zero attached hydrogens (tertiary/aromatic N) is 2. The van der Waals surface area contributed by atoms with Gasteiger partial charge in [0.05, 0.1) is 17.2 Å². The van der Waals surface area contributed by atoms with Crippen molar-refractivity contribution in [2.45, 2.75) is 18.9 Å². The van der Waals surface area contributed by atoms with E-state index in [0.29, 0.717) is 11.5 Å². The van der Waals surface area contributed by atoms with Crippen molar-refractivity contribution in [1.82, 2.24) is 9.55 Å². The lowest BCUT2D eigenvalue weighted by Gasteiger charge is -2.18. The molecule has 0 unspecified atom stereocenters. The van der Waals surface area contributed by atoms with Gasteiger partial charge in [-0.1, -0.05) is 12.1 Å². The Morgan fingerprint density at radius 3 is 2.62 bits per heavy atom.